The van der Waals surface area contributed by atoms with Gasteiger partial charge in [-0.05, 0) is 44.6 Å². The van der Waals surface area contributed by atoms with Crippen molar-refractivity contribution in [2.75, 3.05) is 88.0 Å². The van der Waals surface area contributed by atoms with E-state index in [2.05, 4.69) is 75.2 Å². The topological polar surface area (TPSA) is 221 Å². The lowest BCUT2D eigenvalue weighted by Crippen LogP contribution is -2.48. The molecule has 0 unspecified atom stereocenters. The number of nitrogens with zero attached hydrogens (tertiary/aromatic N) is 13. The molecule has 2 aliphatic heterocycles. The smallest absolute Gasteiger partial charge is 0.228 e. The molecule has 1 atom stereocenters. The van der Waals surface area contributed by atoms with Crippen LogP contribution in [-0.4, -0.2) is 160 Å². The largest absolute Gasteiger partial charge is 0.369 e. The fourth-order valence-corrected chi connectivity index (χ4v) is 9.83. The Hall–Kier alpha value is -3.89. The van der Waals surface area contributed by atoms with E-state index in [0.29, 0.717) is 83.6 Å². The van der Waals surface area contributed by atoms with Crippen LogP contribution < -0.4 is 21.7 Å². The van der Waals surface area contributed by atoms with Crippen LogP contribution in [0.5, 0.6) is 0 Å². The monoisotopic (exact) mass is 973 g/mol. The summed E-state index contributed by atoms with van der Waals surface area (Å²) in [4.78, 5) is 53.8. The number of fused-ring (bicyclic) bond motifs is 2. The van der Waals surface area contributed by atoms with Crippen LogP contribution in [0.1, 0.15) is 111 Å². The van der Waals surface area contributed by atoms with Gasteiger partial charge in [-0.2, -0.15) is 24.9 Å². The lowest BCUT2D eigenvalue weighted by Gasteiger charge is -2.32. The van der Waals surface area contributed by atoms with Gasteiger partial charge in [0.05, 0.1) is 17.6 Å². The maximum atomic E-state index is 9.22. The van der Waals surface area contributed by atoms with Crippen LogP contribution in [-0.2, 0) is 0 Å². The number of rotatable bonds is 24. The van der Waals surface area contributed by atoms with Crippen LogP contribution in [0.25, 0.3) is 0 Å². The molecule has 6 N–H and O–H groups in total. The van der Waals surface area contributed by atoms with Gasteiger partial charge in [-0.15, -0.1) is 11.8 Å². The minimum atomic E-state index is -0.364. The number of guanidine groups is 3. The number of hydrogen-bond acceptors (Lipinski definition) is 16. The molecular formula is C43H76N18S4. The van der Waals surface area contributed by atoms with E-state index in [-0.39, 0.29) is 12.0 Å². The fourth-order valence-electron chi connectivity index (χ4n) is 6.40. The molecule has 0 spiro atoms. The number of aliphatic imine (C=N–C) groups is 7. The van der Waals surface area contributed by atoms with Crippen LogP contribution in [0.15, 0.2) is 51.3 Å². The Morgan fingerprint density at radius 1 is 0.877 bits per heavy atom. The summed E-state index contributed by atoms with van der Waals surface area (Å²) in [7, 11) is 7.09. The number of aromatic nitrogens is 3. The summed E-state index contributed by atoms with van der Waals surface area (Å²) in [5.41, 5.74) is 6.95. The Morgan fingerprint density at radius 2 is 1.52 bits per heavy atom. The zero-order chi connectivity index (χ0) is 47.2. The lowest BCUT2D eigenvalue weighted by atomic mass is 10.1. The number of hydrogen-bond donors (Lipinski definition) is 5. The maximum absolute atomic E-state index is 9.22. The molecule has 1 fully saturated rings. The summed E-state index contributed by atoms with van der Waals surface area (Å²) < 4.78 is 0. The second kappa shape index (κ2) is 32.7. The third-order valence-corrected chi connectivity index (χ3v) is 13.9. The van der Waals surface area contributed by atoms with E-state index in [4.69, 9.17) is 35.7 Å². The number of anilines is 2. The van der Waals surface area contributed by atoms with Crippen LogP contribution >= 0.6 is 47.0 Å². The van der Waals surface area contributed by atoms with Crippen LogP contribution in [0.2, 0.25) is 0 Å². The molecule has 2 bridgehead atoms. The summed E-state index contributed by atoms with van der Waals surface area (Å²) in [6.45, 7) is 14.4. The van der Waals surface area contributed by atoms with Crippen molar-refractivity contribution in [1.29, 1.82) is 5.41 Å². The lowest BCUT2D eigenvalue weighted by molar-refractivity contribution is 0.372. The summed E-state index contributed by atoms with van der Waals surface area (Å²) in [5.74, 6) is 6.44. The highest BCUT2D eigenvalue weighted by atomic mass is 32.2. The molecule has 0 aromatic carbocycles. The molecule has 0 amide bonds. The molecule has 3 rings (SSSR count). The molecule has 1 aromatic rings. The second-order valence-corrected chi connectivity index (χ2v) is 19.5. The van der Waals surface area contributed by atoms with Crippen LogP contribution in [0, 0.1) is 5.41 Å². The van der Waals surface area contributed by atoms with Crippen molar-refractivity contribution in [1.82, 2.24) is 35.0 Å². The third-order valence-electron chi connectivity index (χ3n) is 10.1. The van der Waals surface area contributed by atoms with Crippen molar-refractivity contribution in [3.63, 3.8) is 0 Å². The summed E-state index contributed by atoms with van der Waals surface area (Å²) in [6, 6.07) is -0.364. The van der Waals surface area contributed by atoms with E-state index < -0.39 is 0 Å². The first kappa shape index (κ1) is 55.4. The van der Waals surface area contributed by atoms with Crippen molar-refractivity contribution in [3.05, 3.63) is 11.2 Å². The van der Waals surface area contributed by atoms with Crippen molar-refractivity contribution in [2.45, 2.75) is 122 Å². The van der Waals surface area contributed by atoms with E-state index >= 15 is 0 Å². The predicted molar refractivity (Wildman–Crippen MR) is 288 cm³/mol. The minimum absolute atomic E-state index is 0.0480. The highest BCUT2D eigenvalue weighted by molar-refractivity contribution is 8.14. The van der Waals surface area contributed by atoms with E-state index in [1.807, 2.05) is 25.2 Å². The van der Waals surface area contributed by atoms with Gasteiger partial charge >= 0.3 is 0 Å². The fraction of sp³-hybridized carbons (Fsp3) is 0.698. The van der Waals surface area contributed by atoms with Gasteiger partial charge in [0.1, 0.15) is 11.7 Å². The molecule has 362 valence electrons. The van der Waals surface area contributed by atoms with E-state index in [9.17, 15) is 5.41 Å². The maximum Gasteiger partial charge on any atom is 0.228 e. The van der Waals surface area contributed by atoms with Gasteiger partial charge in [0.2, 0.25) is 23.8 Å². The van der Waals surface area contributed by atoms with E-state index in [1.165, 1.54) is 0 Å². The highest BCUT2D eigenvalue weighted by Crippen LogP contribution is 2.23. The molecule has 22 heteroatoms. The molecule has 0 radical (unpaired) electrons. The first-order valence-corrected chi connectivity index (χ1v) is 27.1. The Kier molecular flexibility index (Phi) is 27.9. The molecule has 1 aromatic heterocycles. The minimum Gasteiger partial charge on any atom is -0.369 e. The standard InChI is InChI=1S/C43H76N18S4/c1-10-14-18-26-62-34-31-59(9)36(44)55-42(64-28-20-16-12-3)51-33-30-60(37(45)54-38(47-6)52-34)24-22-32(35(46-5)53-41(49-8)63-27-19-15-11-2)61(33)25-23-50-40-56-39(48-7)57-43(58-40)65-29-21-17-13-4/h31-32,44H,8,10-30H2,1-7,9H3,(H3,45,47,52,54)(H2,48,50,56,57,58)/b34-31-,44-36?,46-35?,51-33?,53-41?,55-42?/t32-/m0/s1. The van der Waals surface area contributed by atoms with Gasteiger partial charge in [-0.1, -0.05) is 114 Å². The van der Waals surface area contributed by atoms with E-state index in [1.54, 1.807) is 66.0 Å². The zero-order valence-corrected chi connectivity index (χ0v) is 43.5. The molecule has 65 heavy (non-hydrogen) atoms. The Bertz CT molecular complexity index is 1830. The van der Waals surface area contributed by atoms with Gasteiger partial charge < -0.3 is 36.4 Å². The first-order valence-electron chi connectivity index (χ1n) is 23.1. The normalized spacial score (nSPS) is 18.3. The SMILES string of the molecule is C=NC(=NC(=NC)[C@@H]1CCN2CC(=NC(SCCCCC)=NC(=N)N(C)/C=C(\SCCCCC)NC(=NC)N=C2N)N1CCNc1nc(NC)nc(SCCCCC)n1)SCCCCC. The van der Waals surface area contributed by atoms with Crippen molar-refractivity contribution < 1.29 is 0 Å². The Balaban J connectivity index is 2.22. The van der Waals surface area contributed by atoms with Gasteiger partial charge in [0.25, 0.3) is 0 Å². The molecule has 3 heterocycles. The molecular weight excluding hydrogens is 897 g/mol. The second-order valence-electron chi connectivity index (χ2n) is 15.2. The average molecular weight is 973 g/mol. The van der Waals surface area contributed by atoms with Crippen LogP contribution in [0.3, 0.4) is 0 Å². The predicted octanol–water partition coefficient (Wildman–Crippen LogP) is 8.16. The van der Waals surface area contributed by atoms with Crippen molar-refractivity contribution >= 4 is 106 Å². The molecule has 18 nitrogen and oxygen atoms in total. The van der Waals surface area contributed by atoms with Gasteiger partial charge in [0.15, 0.2) is 21.5 Å². The summed E-state index contributed by atoms with van der Waals surface area (Å²) in [5, 5.41) is 21.7. The van der Waals surface area contributed by atoms with Gasteiger partial charge in [-0.25, -0.2) is 15.0 Å². The molecule has 0 aliphatic carbocycles. The third kappa shape index (κ3) is 20.7. The molecule has 0 saturated carbocycles. The van der Waals surface area contributed by atoms with Crippen molar-refractivity contribution in [3.8, 4) is 0 Å². The summed E-state index contributed by atoms with van der Waals surface area (Å²) in [6.07, 6.45) is 15.6. The van der Waals surface area contributed by atoms with E-state index in [0.717, 1.165) is 105 Å². The first-order chi connectivity index (χ1) is 31.6. The zero-order valence-electron chi connectivity index (χ0n) is 40.2. The number of nitrogens with two attached hydrogens (primary N) is 1. The van der Waals surface area contributed by atoms with Crippen molar-refractivity contribution in [2.24, 2.45) is 40.7 Å². The molecule has 1 saturated heterocycles. The van der Waals surface area contributed by atoms with Gasteiger partial charge in [0, 0.05) is 71.3 Å². The Labute approximate surface area is 406 Å². The quantitative estimate of drug-likeness (QED) is 0.0286. The number of nitrogens with one attached hydrogen (secondary N) is 4. The average Bonchev–Trinajstić information content (AvgIpc) is 3.48. The number of unbranched alkanes of at least 4 members (excludes halogenated alkanes) is 8. The van der Waals surface area contributed by atoms with Crippen LogP contribution in [0.4, 0.5) is 11.9 Å². The molecule has 2 aliphatic rings. The van der Waals surface area contributed by atoms with Gasteiger partial charge in [-0.3, -0.25) is 15.4 Å². The summed E-state index contributed by atoms with van der Waals surface area (Å²) >= 11 is 6.43. The number of thioether (sulfide) groups is 4. The number of amidine groups is 4. The highest BCUT2D eigenvalue weighted by Gasteiger charge is 2.33. The Morgan fingerprint density at radius 3 is 2.15 bits per heavy atom.